The molecule has 1 saturated heterocycles. The quantitative estimate of drug-likeness (QED) is 0.461. The van der Waals surface area contributed by atoms with Crippen molar-refractivity contribution in [3.63, 3.8) is 0 Å². The van der Waals surface area contributed by atoms with E-state index in [2.05, 4.69) is 4.74 Å². The fourth-order valence-corrected chi connectivity index (χ4v) is 3.67. The molecule has 0 radical (unpaired) electrons. The molecular weight excluding hydrogens is 354 g/mol. The molecule has 1 aliphatic heterocycles. The first-order chi connectivity index (χ1) is 12.0. The summed E-state index contributed by atoms with van der Waals surface area (Å²) in [7, 11) is 1.33. The Balaban J connectivity index is 1.86. The number of carbonyl (C=O) groups excluding carboxylic acids is 2. The molecule has 3 rings (SSSR count). The van der Waals surface area contributed by atoms with E-state index in [1.54, 1.807) is 24.3 Å². The van der Waals surface area contributed by atoms with Crippen LogP contribution in [0.25, 0.3) is 6.08 Å². The summed E-state index contributed by atoms with van der Waals surface area (Å²) in [5.74, 6) is -0.586. The van der Waals surface area contributed by atoms with E-state index in [0.29, 0.717) is 20.5 Å². The Morgan fingerprint density at radius 3 is 2.36 bits per heavy atom. The standard InChI is InChI=1S/C19H15NO3S2/c1-12-3-5-13(6-4-12)11-16-17(21)20(19(24)25-16)15-9-7-14(8-10-15)18(22)23-2/h3-11H,1-2H3/b16-11-. The van der Waals surface area contributed by atoms with Crippen LogP contribution in [-0.4, -0.2) is 23.3 Å². The highest BCUT2D eigenvalue weighted by atomic mass is 32.2. The molecule has 0 atom stereocenters. The van der Waals surface area contributed by atoms with Crippen LogP contribution in [0.4, 0.5) is 5.69 Å². The van der Waals surface area contributed by atoms with Crippen molar-refractivity contribution in [1.82, 2.24) is 0 Å². The van der Waals surface area contributed by atoms with Crippen molar-refractivity contribution in [2.24, 2.45) is 0 Å². The first-order valence-electron chi connectivity index (χ1n) is 7.52. The second-order valence-corrected chi connectivity index (χ2v) is 7.14. The van der Waals surface area contributed by atoms with Crippen molar-refractivity contribution in [2.75, 3.05) is 12.0 Å². The molecule has 2 aromatic carbocycles. The average Bonchev–Trinajstić information content (AvgIpc) is 2.90. The molecule has 0 N–H and O–H groups in total. The molecule has 0 aromatic heterocycles. The number of hydrogen-bond donors (Lipinski definition) is 0. The van der Waals surface area contributed by atoms with E-state index in [0.717, 1.165) is 11.1 Å². The van der Waals surface area contributed by atoms with Crippen LogP contribution in [0.3, 0.4) is 0 Å². The van der Waals surface area contributed by atoms with Gasteiger partial charge in [0.25, 0.3) is 5.91 Å². The van der Waals surface area contributed by atoms with Crippen LogP contribution in [-0.2, 0) is 9.53 Å². The minimum Gasteiger partial charge on any atom is -0.465 e. The Bertz CT molecular complexity index is 871. The highest BCUT2D eigenvalue weighted by molar-refractivity contribution is 8.27. The van der Waals surface area contributed by atoms with Gasteiger partial charge < -0.3 is 4.74 Å². The van der Waals surface area contributed by atoms with Crippen LogP contribution in [0.1, 0.15) is 21.5 Å². The zero-order valence-electron chi connectivity index (χ0n) is 13.7. The van der Waals surface area contributed by atoms with Crippen LogP contribution < -0.4 is 4.90 Å². The lowest BCUT2D eigenvalue weighted by atomic mass is 10.1. The lowest BCUT2D eigenvalue weighted by Crippen LogP contribution is -2.27. The van der Waals surface area contributed by atoms with Crippen LogP contribution in [0.5, 0.6) is 0 Å². The molecule has 0 unspecified atom stereocenters. The molecule has 6 heteroatoms. The van der Waals surface area contributed by atoms with Gasteiger partial charge in [0.15, 0.2) is 4.32 Å². The third-order valence-corrected chi connectivity index (χ3v) is 5.02. The number of anilines is 1. The van der Waals surface area contributed by atoms with Crippen molar-refractivity contribution in [1.29, 1.82) is 0 Å². The number of carbonyl (C=O) groups is 2. The highest BCUT2D eigenvalue weighted by Crippen LogP contribution is 2.36. The van der Waals surface area contributed by atoms with E-state index in [1.165, 1.54) is 23.8 Å². The maximum atomic E-state index is 12.7. The molecule has 1 aliphatic rings. The van der Waals surface area contributed by atoms with Crippen LogP contribution in [0.15, 0.2) is 53.4 Å². The van der Waals surface area contributed by atoms with Crippen molar-refractivity contribution >= 4 is 51.9 Å². The Hall–Kier alpha value is -2.44. The zero-order valence-corrected chi connectivity index (χ0v) is 15.3. The van der Waals surface area contributed by atoms with Gasteiger partial charge >= 0.3 is 5.97 Å². The summed E-state index contributed by atoms with van der Waals surface area (Å²) in [4.78, 5) is 26.3. The molecule has 1 heterocycles. The van der Waals surface area contributed by atoms with Crippen LogP contribution >= 0.6 is 24.0 Å². The van der Waals surface area contributed by atoms with Crippen molar-refractivity contribution < 1.29 is 14.3 Å². The summed E-state index contributed by atoms with van der Waals surface area (Å²) in [6.45, 7) is 2.02. The first-order valence-corrected chi connectivity index (χ1v) is 8.75. The van der Waals surface area contributed by atoms with E-state index < -0.39 is 5.97 Å². The Kier molecular flexibility index (Phi) is 5.01. The Morgan fingerprint density at radius 1 is 1.12 bits per heavy atom. The second kappa shape index (κ2) is 7.21. The third-order valence-electron chi connectivity index (χ3n) is 3.72. The predicted molar refractivity (Wildman–Crippen MR) is 105 cm³/mol. The molecule has 1 fully saturated rings. The number of thiocarbonyl (C=S) groups is 1. The van der Waals surface area contributed by atoms with Gasteiger partial charge in [-0.05, 0) is 42.8 Å². The summed E-state index contributed by atoms with van der Waals surface area (Å²) >= 11 is 6.62. The van der Waals surface area contributed by atoms with E-state index in [-0.39, 0.29) is 5.91 Å². The van der Waals surface area contributed by atoms with E-state index in [1.807, 2.05) is 37.3 Å². The minimum absolute atomic E-state index is 0.165. The van der Waals surface area contributed by atoms with Gasteiger partial charge in [-0.15, -0.1) is 0 Å². The lowest BCUT2D eigenvalue weighted by Gasteiger charge is -2.14. The summed E-state index contributed by atoms with van der Waals surface area (Å²) in [6.07, 6.45) is 1.83. The maximum absolute atomic E-state index is 12.7. The fraction of sp³-hybridized carbons (Fsp3) is 0.105. The van der Waals surface area contributed by atoms with E-state index in [9.17, 15) is 9.59 Å². The zero-order chi connectivity index (χ0) is 18.0. The van der Waals surface area contributed by atoms with Crippen LogP contribution in [0.2, 0.25) is 0 Å². The molecular formula is C19H15NO3S2. The molecule has 4 nitrogen and oxygen atoms in total. The summed E-state index contributed by atoms with van der Waals surface area (Å²) in [5, 5.41) is 0. The van der Waals surface area contributed by atoms with E-state index >= 15 is 0 Å². The number of thioether (sulfide) groups is 1. The predicted octanol–water partition coefficient (Wildman–Crippen LogP) is 4.19. The normalized spacial score (nSPS) is 15.8. The topological polar surface area (TPSA) is 46.6 Å². The molecule has 0 bridgehead atoms. The third kappa shape index (κ3) is 3.65. The second-order valence-electron chi connectivity index (χ2n) is 5.47. The monoisotopic (exact) mass is 369 g/mol. The smallest absolute Gasteiger partial charge is 0.337 e. The number of hydrogen-bond acceptors (Lipinski definition) is 5. The van der Waals surface area contributed by atoms with Crippen molar-refractivity contribution in [2.45, 2.75) is 6.92 Å². The van der Waals surface area contributed by atoms with Gasteiger partial charge in [0.05, 0.1) is 23.3 Å². The number of ether oxygens (including phenoxy) is 1. The number of aryl methyl sites for hydroxylation is 1. The summed E-state index contributed by atoms with van der Waals surface area (Å²) in [5.41, 5.74) is 3.16. The fourth-order valence-electron chi connectivity index (χ4n) is 2.37. The average molecular weight is 369 g/mol. The van der Waals surface area contributed by atoms with Crippen molar-refractivity contribution in [3.8, 4) is 0 Å². The number of methoxy groups -OCH3 is 1. The highest BCUT2D eigenvalue weighted by Gasteiger charge is 2.33. The summed E-state index contributed by atoms with van der Waals surface area (Å²) < 4.78 is 5.14. The van der Waals surface area contributed by atoms with Gasteiger partial charge in [-0.2, -0.15) is 0 Å². The molecule has 25 heavy (non-hydrogen) atoms. The minimum atomic E-state index is -0.420. The van der Waals surface area contributed by atoms with Gasteiger partial charge in [-0.1, -0.05) is 53.8 Å². The first kappa shape index (κ1) is 17.4. The number of nitrogens with zero attached hydrogens (tertiary/aromatic N) is 1. The molecule has 0 saturated carbocycles. The number of rotatable bonds is 3. The van der Waals surface area contributed by atoms with Crippen LogP contribution in [0, 0.1) is 6.92 Å². The molecule has 126 valence electrons. The number of amides is 1. The number of benzene rings is 2. The molecule has 0 spiro atoms. The van der Waals surface area contributed by atoms with E-state index in [4.69, 9.17) is 12.2 Å². The Morgan fingerprint density at radius 2 is 1.76 bits per heavy atom. The SMILES string of the molecule is COC(=O)c1ccc(N2C(=O)/C(=C/c3ccc(C)cc3)SC2=S)cc1. The number of esters is 1. The Labute approximate surface area is 155 Å². The van der Waals surface area contributed by atoms with Gasteiger partial charge in [0, 0.05) is 0 Å². The maximum Gasteiger partial charge on any atom is 0.337 e. The van der Waals surface area contributed by atoms with Gasteiger partial charge in [-0.25, -0.2) is 4.79 Å². The molecule has 1 amide bonds. The van der Waals surface area contributed by atoms with Gasteiger partial charge in [0.1, 0.15) is 0 Å². The summed E-state index contributed by atoms with van der Waals surface area (Å²) in [6, 6.07) is 14.5. The lowest BCUT2D eigenvalue weighted by molar-refractivity contribution is -0.113. The van der Waals surface area contributed by atoms with Gasteiger partial charge in [-0.3, -0.25) is 9.69 Å². The van der Waals surface area contributed by atoms with Crippen molar-refractivity contribution in [3.05, 3.63) is 70.1 Å². The van der Waals surface area contributed by atoms with Gasteiger partial charge in [0.2, 0.25) is 0 Å². The molecule has 2 aromatic rings. The molecule has 0 aliphatic carbocycles. The largest absolute Gasteiger partial charge is 0.465 e.